The molecule has 1 aliphatic carbocycles. The van der Waals surface area contributed by atoms with Gasteiger partial charge in [-0.15, -0.1) is 0 Å². The summed E-state index contributed by atoms with van der Waals surface area (Å²) in [6.07, 6.45) is -4.61. The molecule has 0 aromatic carbocycles. The van der Waals surface area contributed by atoms with Crippen molar-refractivity contribution in [1.82, 2.24) is 15.0 Å². The summed E-state index contributed by atoms with van der Waals surface area (Å²) in [5, 5.41) is 14.7. The Morgan fingerprint density at radius 1 is 1.08 bits per heavy atom. The van der Waals surface area contributed by atoms with Gasteiger partial charge < -0.3 is 15.7 Å². The molecule has 6 nitrogen and oxygen atoms in total. The normalized spacial score (nSPS) is 19.2. The molecular formula is C15H23F4N5OS. The first kappa shape index (κ1) is 22.4. The number of nitrogens with zero attached hydrogens (tertiary/aromatic N) is 3. The van der Waals surface area contributed by atoms with Gasteiger partial charge in [-0.05, 0) is 40.0 Å². The van der Waals surface area contributed by atoms with Gasteiger partial charge in [0, 0.05) is 11.6 Å². The monoisotopic (exact) mass is 397 g/mol. The van der Waals surface area contributed by atoms with Crippen molar-refractivity contribution in [2.75, 3.05) is 10.6 Å². The number of halogens is 4. The molecule has 1 aromatic rings. The smallest absolute Gasteiger partial charge is 0.386 e. The van der Waals surface area contributed by atoms with Crippen LogP contribution in [-0.2, 0) is 0 Å². The van der Waals surface area contributed by atoms with Crippen LogP contribution in [0.5, 0.6) is 0 Å². The Hall–Kier alpha value is -1.62. The number of alkyl halides is 3. The molecule has 3 N–H and O–H groups in total. The van der Waals surface area contributed by atoms with Crippen LogP contribution in [0.1, 0.15) is 45.9 Å². The van der Waals surface area contributed by atoms with E-state index in [1.165, 1.54) is 0 Å². The van der Waals surface area contributed by atoms with Gasteiger partial charge in [0.05, 0.1) is 0 Å². The second-order valence-electron chi connectivity index (χ2n) is 6.25. The van der Waals surface area contributed by atoms with Crippen molar-refractivity contribution in [2.45, 2.75) is 64.4 Å². The molecule has 2 atom stereocenters. The van der Waals surface area contributed by atoms with E-state index in [4.69, 9.17) is 0 Å². The van der Waals surface area contributed by atoms with Crippen molar-refractivity contribution < 1.29 is 22.7 Å². The molecule has 2 rings (SSSR count). The molecule has 148 valence electrons. The number of aliphatic hydroxyl groups is 1. The van der Waals surface area contributed by atoms with Crippen molar-refractivity contribution in [3.63, 3.8) is 0 Å². The number of hydrogen-bond donors (Lipinski definition) is 3. The van der Waals surface area contributed by atoms with Gasteiger partial charge in [0.25, 0.3) is 0 Å². The first-order valence-electron chi connectivity index (χ1n) is 8.00. The topological polar surface area (TPSA) is 83.0 Å². The summed E-state index contributed by atoms with van der Waals surface area (Å²) in [6, 6.07) is -1.97. The van der Waals surface area contributed by atoms with Crippen LogP contribution in [0.25, 0.3) is 5.57 Å². The summed E-state index contributed by atoms with van der Waals surface area (Å²) in [5.74, 6) is -1.09. The minimum Gasteiger partial charge on any atom is -0.386 e. The van der Waals surface area contributed by atoms with Crippen LogP contribution in [0.4, 0.5) is 29.5 Å². The number of anilines is 2. The third-order valence-electron chi connectivity index (χ3n) is 3.64. The van der Waals surface area contributed by atoms with Crippen LogP contribution >= 0.6 is 13.5 Å². The maximum Gasteiger partial charge on any atom is 0.408 e. The third kappa shape index (κ3) is 5.70. The van der Waals surface area contributed by atoms with Crippen LogP contribution < -0.4 is 10.6 Å². The van der Waals surface area contributed by atoms with Crippen LogP contribution in [0.3, 0.4) is 0 Å². The number of hydrogen-bond acceptors (Lipinski definition) is 6. The molecular weight excluding hydrogens is 374 g/mol. The highest BCUT2D eigenvalue weighted by molar-refractivity contribution is 7.59. The lowest BCUT2D eigenvalue weighted by molar-refractivity contribution is -0.138. The summed E-state index contributed by atoms with van der Waals surface area (Å²) in [5.41, 5.74) is 0.0932. The average Bonchev–Trinajstić information content (AvgIpc) is 2.48. The molecule has 11 heteroatoms. The van der Waals surface area contributed by atoms with Crippen LogP contribution in [-0.4, -0.2) is 44.4 Å². The van der Waals surface area contributed by atoms with Crippen molar-refractivity contribution in [2.24, 2.45) is 0 Å². The number of nitrogens with one attached hydrogen (secondary N) is 2. The van der Waals surface area contributed by atoms with Gasteiger partial charge in [0.1, 0.15) is 18.0 Å². The van der Waals surface area contributed by atoms with Gasteiger partial charge in [-0.1, -0.05) is 0 Å². The lowest BCUT2D eigenvalue weighted by Gasteiger charge is -2.21. The highest BCUT2D eigenvalue weighted by atomic mass is 32.1. The maximum atomic E-state index is 14.2. The molecule has 1 aliphatic rings. The highest BCUT2D eigenvalue weighted by Gasteiger charge is 2.36. The van der Waals surface area contributed by atoms with Crippen LogP contribution in [0.2, 0.25) is 0 Å². The molecule has 0 aliphatic heterocycles. The van der Waals surface area contributed by atoms with E-state index in [9.17, 15) is 22.7 Å². The molecule has 26 heavy (non-hydrogen) atoms. The molecule has 0 radical (unpaired) electrons. The standard InChI is InChI=1S/C15H21F4N5O.H2S/c1-7(2)20-13-22-12(9-5-4-6-10(25)11(9)16)23-14(24-13)21-8(3)15(17,18)19;/h7-8,10,25H,4-6H2,1-3H3,(H2,20,21,22,23,24);1H2/t8?,10-;/m0./s1. The fourth-order valence-corrected chi connectivity index (χ4v) is 2.31. The lowest BCUT2D eigenvalue weighted by Crippen LogP contribution is -2.34. The van der Waals surface area contributed by atoms with E-state index in [-0.39, 0.29) is 49.3 Å². The molecule has 0 bridgehead atoms. The Morgan fingerprint density at radius 3 is 2.19 bits per heavy atom. The van der Waals surface area contributed by atoms with Gasteiger partial charge in [-0.3, -0.25) is 0 Å². The van der Waals surface area contributed by atoms with Crippen molar-refractivity contribution in [3.05, 3.63) is 11.7 Å². The molecule has 0 fully saturated rings. The van der Waals surface area contributed by atoms with E-state index in [2.05, 4.69) is 25.6 Å². The van der Waals surface area contributed by atoms with E-state index in [1.807, 2.05) is 0 Å². The number of rotatable bonds is 5. The van der Waals surface area contributed by atoms with Gasteiger partial charge in [0.2, 0.25) is 11.9 Å². The summed E-state index contributed by atoms with van der Waals surface area (Å²) < 4.78 is 52.5. The Kier molecular flexibility index (Phi) is 7.63. The summed E-state index contributed by atoms with van der Waals surface area (Å²) >= 11 is 0. The van der Waals surface area contributed by atoms with Gasteiger partial charge in [0.15, 0.2) is 5.82 Å². The predicted octanol–water partition coefficient (Wildman–Crippen LogP) is 3.39. The first-order chi connectivity index (χ1) is 11.6. The van der Waals surface area contributed by atoms with E-state index in [1.54, 1.807) is 13.8 Å². The number of aliphatic hydroxyl groups excluding tert-OH is 1. The summed E-state index contributed by atoms with van der Waals surface area (Å²) in [6.45, 7) is 4.54. The second kappa shape index (κ2) is 8.85. The highest BCUT2D eigenvalue weighted by Crippen LogP contribution is 2.32. The Balaban J connectivity index is 0.00000338. The molecule has 0 amide bonds. The maximum absolute atomic E-state index is 14.2. The fraction of sp³-hybridized carbons (Fsp3) is 0.667. The first-order valence-corrected chi connectivity index (χ1v) is 8.00. The molecule has 1 unspecified atom stereocenters. The van der Waals surface area contributed by atoms with E-state index in [0.29, 0.717) is 12.8 Å². The molecule has 1 aromatic heterocycles. The fourth-order valence-electron chi connectivity index (χ4n) is 2.31. The summed E-state index contributed by atoms with van der Waals surface area (Å²) in [7, 11) is 0. The van der Waals surface area contributed by atoms with Crippen molar-refractivity contribution in [3.8, 4) is 0 Å². The zero-order chi connectivity index (χ0) is 18.8. The molecule has 0 saturated carbocycles. The van der Waals surface area contributed by atoms with Crippen molar-refractivity contribution in [1.29, 1.82) is 0 Å². The molecule has 1 heterocycles. The van der Waals surface area contributed by atoms with E-state index >= 15 is 0 Å². The largest absolute Gasteiger partial charge is 0.408 e. The average molecular weight is 397 g/mol. The quantitative estimate of drug-likeness (QED) is 0.661. The van der Waals surface area contributed by atoms with Gasteiger partial charge in [-0.2, -0.15) is 41.6 Å². The van der Waals surface area contributed by atoms with Crippen LogP contribution in [0.15, 0.2) is 5.83 Å². The number of allylic oxidation sites excluding steroid dienone is 1. The van der Waals surface area contributed by atoms with Crippen molar-refractivity contribution >= 4 is 31.0 Å². The SMILES string of the molecule is CC(C)Nc1nc(NC(C)C(F)(F)F)nc(C2=C(F)[C@@H](O)CCC2)n1.S. The zero-order valence-corrected chi connectivity index (χ0v) is 15.7. The Morgan fingerprint density at radius 2 is 1.65 bits per heavy atom. The third-order valence-corrected chi connectivity index (χ3v) is 3.64. The molecule has 0 saturated heterocycles. The van der Waals surface area contributed by atoms with Gasteiger partial charge >= 0.3 is 6.18 Å². The van der Waals surface area contributed by atoms with Gasteiger partial charge in [-0.25, -0.2) is 4.39 Å². The van der Waals surface area contributed by atoms with E-state index in [0.717, 1.165) is 6.92 Å². The Bertz CT molecular complexity index is 653. The predicted molar refractivity (Wildman–Crippen MR) is 96.0 cm³/mol. The summed E-state index contributed by atoms with van der Waals surface area (Å²) in [4.78, 5) is 11.9. The van der Waals surface area contributed by atoms with Crippen LogP contribution in [0, 0.1) is 0 Å². The van der Waals surface area contributed by atoms with E-state index < -0.39 is 24.1 Å². The minimum atomic E-state index is -4.48. The number of aromatic nitrogens is 3. The minimum absolute atomic E-state index is 0. The lowest BCUT2D eigenvalue weighted by atomic mass is 9.96. The Labute approximate surface area is 156 Å². The zero-order valence-electron chi connectivity index (χ0n) is 14.7. The second-order valence-corrected chi connectivity index (χ2v) is 6.25. The molecule has 0 spiro atoms.